The van der Waals surface area contributed by atoms with Crippen molar-refractivity contribution in [2.24, 2.45) is 0 Å². The van der Waals surface area contributed by atoms with Crippen LogP contribution in [0.3, 0.4) is 0 Å². The van der Waals surface area contributed by atoms with E-state index in [9.17, 15) is 0 Å². The Morgan fingerprint density at radius 2 is 1.74 bits per heavy atom. The first-order chi connectivity index (χ1) is 11.0. The molecule has 0 saturated heterocycles. The maximum Gasteiger partial charge on any atom is 0.0991 e. The van der Waals surface area contributed by atoms with Crippen LogP contribution in [0.15, 0.2) is 36.5 Å². The number of nitrogens with zero attached hydrogens (tertiary/aromatic N) is 2. The van der Waals surface area contributed by atoms with Crippen LogP contribution in [0.5, 0.6) is 0 Å². The molecule has 3 rings (SSSR count). The fourth-order valence-corrected chi connectivity index (χ4v) is 5.14. The minimum atomic E-state index is -1.39. The molecular weight excluding hydrogens is 296 g/mol. The molecule has 1 fully saturated rings. The van der Waals surface area contributed by atoms with Crippen molar-refractivity contribution in [3.05, 3.63) is 47.7 Å². The molecule has 1 aliphatic rings. The van der Waals surface area contributed by atoms with Crippen LogP contribution >= 0.6 is 0 Å². The van der Waals surface area contributed by atoms with Crippen molar-refractivity contribution in [1.29, 1.82) is 5.26 Å². The summed E-state index contributed by atoms with van der Waals surface area (Å²) >= 11 is 0. The van der Waals surface area contributed by atoms with Crippen molar-refractivity contribution in [1.82, 2.24) is 4.98 Å². The molecule has 0 spiro atoms. The van der Waals surface area contributed by atoms with Crippen LogP contribution in [0.2, 0.25) is 19.6 Å². The molecule has 118 valence electrons. The van der Waals surface area contributed by atoms with E-state index in [0.717, 1.165) is 11.3 Å². The molecule has 23 heavy (non-hydrogen) atoms. The van der Waals surface area contributed by atoms with E-state index in [2.05, 4.69) is 38.0 Å². The summed E-state index contributed by atoms with van der Waals surface area (Å²) in [5.41, 5.74) is 4.38. The van der Waals surface area contributed by atoms with E-state index < -0.39 is 8.07 Å². The van der Waals surface area contributed by atoms with Gasteiger partial charge in [0.05, 0.1) is 25.4 Å². The second-order valence-corrected chi connectivity index (χ2v) is 12.6. The SMILES string of the molecule is C[Si](C)(C)c1cnc(-c2ccc(C#N)cc2)cc1C1CCCC1. The molecule has 1 aromatic carbocycles. The topological polar surface area (TPSA) is 36.7 Å². The molecule has 3 heteroatoms. The summed E-state index contributed by atoms with van der Waals surface area (Å²) in [5.74, 6) is 0.705. The van der Waals surface area contributed by atoms with Gasteiger partial charge in [0, 0.05) is 11.8 Å². The molecule has 0 N–H and O–H groups in total. The molecule has 0 unspecified atom stereocenters. The van der Waals surface area contributed by atoms with Crippen molar-refractivity contribution in [2.45, 2.75) is 51.2 Å². The minimum Gasteiger partial charge on any atom is -0.256 e. The maximum absolute atomic E-state index is 8.95. The Labute approximate surface area is 140 Å². The summed E-state index contributed by atoms with van der Waals surface area (Å²) in [4.78, 5) is 4.75. The van der Waals surface area contributed by atoms with Crippen molar-refractivity contribution in [3.8, 4) is 17.3 Å². The van der Waals surface area contributed by atoms with Gasteiger partial charge in [-0.05, 0) is 47.7 Å². The molecule has 2 aromatic rings. The van der Waals surface area contributed by atoms with E-state index in [4.69, 9.17) is 10.2 Å². The van der Waals surface area contributed by atoms with E-state index in [1.165, 1.54) is 36.4 Å². The minimum absolute atomic E-state index is 0.698. The molecule has 1 heterocycles. The summed E-state index contributed by atoms with van der Waals surface area (Å²) in [7, 11) is -1.39. The Morgan fingerprint density at radius 3 is 2.30 bits per heavy atom. The van der Waals surface area contributed by atoms with Crippen LogP contribution < -0.4 is 5.19 Å². The van der Waals surface area contributed by atoms with Crippen LogP contribution in [0.25, 0.3) is 11.3 Å². The number of hydrogen-bond acceptors (Lipinski definition) is 2. The maximum atomic E-state index is 8.95. The lowest BCUT2D eigenvalue weighted by Gasteiger charge is -2.24. The number of aromatic nitrogens is 1. The lowest BCUT2D eigenvalue weighted by Crippen LogP contribution is -2.41. The largest absolute Gasteiger partial charge is 0.256 e. The predicted octanol–water partition coefficient (Wildman–Crippen LogP) is 4.82. The highest BCUT2D eigenvalue weighted by Crippen LogP contribution is 2.35. The molecule has 0 amide bonds. The zero-order valence-electron chi connectivity index (χ0n) is 14.3. The second kappa shape index (κ2) is 6.29. The van der Waals surface area contributed by atoms with Gasteiger partial charge in [0.15, 0.2) is 0 Å². The van der Waals surface area contributed by atoms with Crippen LogP contribution in [-0.4, -0.2) is 13.1 Å². The number of pyridine rings is 1. The van der Waals surface area contributed by atoms with Crippen molar-refractivity contribution in [3.63, 3.8) is 0 Å². The van der Waals surface area contributed by atoms with E-state index >= 15 is 0 Å². The van der Waals surface area contributed by atoms with Crippen LogP contribution in [-0.2, 0) is 0 Å². The Balaban J connectivity index is 2.05. The van der Waals surface area contributed by atoms with Gasteiger partial charge in [-0.15, -0.1) is 0 Å². The molecule has 1 aliphatic carbocycles. The van der Waals surface area contributed by atoms with Crippen molar-refractivity contribution < 1.29 is 0 Å². The van der Waals surface area contributed by atoms with Crippen LogP contribution in [0.1, 0.15) is 42.7 Å². The summed E-state index contributed by atoms with van der Waals surface area (Å²) < 4.78 is 0. The first-order valence-corrected chi connectivity index (χ1v) is 12.0. The Morgan fingerprint density at radius 1 is 1.09 bits per heavy atom. The third-order valence-electron chi connectivity index (χ3n) is 4.85. The van der Waals surface area contributed by atoms with Crippen LogP contribution in [0, 0.1) is 11.3 Å². The van der Waals surface area contributed by atoms with Gasteiger partial charge in [0.2, 0.25) is 0 Å². The molecule has 0 aliphatic heterocycles. The lowest BCUT2D eigenvalue weighted by molar-refractivity contribution is 0.726. The highest BCUT2D eigenvalue weighted by Gasteiger charge is 2.27. The Hall–Kier alpha value is -1.92. The van der Waals surface area contributed by atoms with Crippen LogP contribution in [0.4, 0.5) is 0 Å². The zero-order valence-corrected chi connectivity index (χ0v) is 15.3. The van der Waals surface area contributed by atoms with Gasteiger partial charge in [-0.1, -0.05) is 44.6 Å². The molecule has 1 saturated carbocycles. The van der Waals surface area contributed by atoms with Gasteiger partial charge < -0.3 is 0 Å². The summed E-state index contributed by atoms with van der Waals surface area (Å²) in [6.07, 6.45) is 7.46. The third kappa shape index (κ3) is 3.38. The number of rotatable bonds is 3. The van der Waals surface area contributed by atoms with Gasteiger partial charge in [-0.2, -0.15) is 5.26 Å². The molecular formula is C20H24N2Si. The first-order valence-electron chi connectivity index (χ1n) is 8.50. The van der Waals surface area contributed by atoms with E-state index in [1.54, 1.807) is 0 Å². The highest BCUT2D eigenvalue weighted by molar-refractivity contribution is 6.89. The van der Waals surface area contributed by atoms with E-state index in [0.29, 0.717) is 11.5 Å². The number of hydrogen-bond donors (Lipinski definition) is 0. The monoisotopic (exact) mass is 320 g/mol. The standard InChI is InChI=1S/C20H24N2Si/c1-23(2,3)20-14-22-19(12-18(20)16-6-4-5-7-16)17-10-8-15(13-21)9-11-17/h8-12,14,16H,4-7H2,1-3H3. The molecule has 1 aromatic heterocycles. The van der Waals surface area contributed by atoms with E-state index in [-0.39, 0.29) is 0 Å². The predicted molar refractivity (Wildman–Crippen MR) is 98.6 cm³/mol. The third-order valence-corrected chi connectivity index (χ3v) is 6.88. The van der Waals surface area contributed by atoms with Crippen molar-refractivity contribution in [2.75, 3.05) is 0 Å². The summed E-state index contributed by atoms with van der Waals surface area (Å²) in [5, 5.41) is 10.5. The number of nitriles is 1. The second-order valence-electron chi connectivity index (χ2n) is 7.58. The summed E-state index contributed by atoms with van der Waals surface area (Å²) in [6.45, 7) is 7.22. The molecule has 0 atom stereocenters. The molecule has 0 bridgehead atoms. The van der Waals surface area contributed by atoms with E-state index in [1.807, 2.05) is 24.3 Å². The van der Waals surface area contributed by atoms with Gasteiger partial charge in [0.25, 0.3) is 0 Å². The van der Waals surface area contributed by atoms with Gasteiger partial charge >= 0.3 is 0 Å². The Bertz CT molecular complexity index is 730. The lowest BCUT2D eigenvalue weighted by atomic mass is 9.96. The quantitative estimate of drug-likeness (QED) is 0.760. The fourth-order valence-electron chi connectivity index (χ4n) is 3.55. The Kier molecular flexibility index (Phi) is 4.36. The fraction of sp³-hybridized carbons (Fsp3) is 0.400. The highest BCUT2D eigenvalue weighted by atomic mass is 28.3. The first kappa shape index (κ1) is 16.0. The zero-order chi connectivity index (χ0) is 16.4. The number of benzene rings is 1. The average molecular weight is 321 g/mol. The molecule has 0 radical (unpaired) electrons. The average Bonchev–Trinajstić information content (AvgIpc) is 3.08. The normalized spacial score (nSPS) is 15.6. The molecule has 2 nitrogen and oxygen atoms in total. The summed E-state index contributed by atoms with van der Waals surface area (Å²) in [6, 6.07) is 12.3. The van der Waals surface area contributed by atoms with Crippen molar-refractivity contribution >= 4 is 13.3 Å². The van der Waals surface area contributed by atoms with Gasteiger partial charge in [-0.25, -0.2) is 0 Å². The smallest absolute Gasteiger partial charge is 0.0991 e. The van der Waals surface area contributed by atoms with Gasteiger partial charge in [0.1, 0.15) is 0 Å². The van der Waals surface area contributed by atoms with Gasteiger partial charge in [-0.3, -0.25) is 4.98 Å².